The van der Waals surface area contributed by atoms with Crippen molar-refractivity contribution in [2.24, 2.45) is 0 Å². The Bertz CT molecular complexity index is 797. The molecule has 4 rings (SSSR count). The second kappa shape index (κ2) is 9.47. The number of hydrogen-bond acceptors (Lipinski definition) is 2. The summed E-state index contributed by atoms with van der Waals surface area (Å²) in [7, 11) is 0. The quantitative estimate of drug-likeness (QED) is 0.398. The Morgan fingerprint density at radius 1 is 1.00 bits per heavy atom. The number of nitrogens with zero attached hydrogens (tertiary/aromatic N) is 1. The van der Waals surface area contributed by atoms with Gasteiger partial charge in [0.2, 0.25) is 0 Å². The molecule has 2 aliphatic rings. The predicted molar refractivity (Wildman–Crippen MR) is 118 cm³/mol. The SMILES string of the molecule is CCCCCCC[C@@]12CC([Se]c3ccccc3)C(=O)N1[C@@H](c1ccccc1)CO2. The molecule has 0 aliphatic carbocycles. The Morgan fingerprint density at radius 2 is 1.69 bits per heavy atom. The third-order valence-corrected chi connectivity index (χ3v) is 8.67. The number of fused-ring (bicyclic) bond motifs is 1. The second-order valence-corrected chi connectivity index (χ2v) is 10.9. The Kier molecular flexibility index (Phi) is 6.74. The summed E-state index contributed by atoms with van der Waals surface area (Å²) in [5.74, 6) is 0.300. The van der Waals surface area contributed by atoms with E-state index in [1.807, 2.05) is 12.1 Å². The molecule has 3 nitrogen and oxygen atoms in total. The van der Waals surface area contributed by atoms with E-state index in [9.17, 15) is 4.79 Å². The Labute approximate surface area is 181 Å². The van der Waals surface area contributed by atoms with Gasteiger partial charge in [-0.15, -0.1) is 0 Å². The van der Waals surface area contributed by atoms with E-state index in [0.29, 0.717) is 12.5 Å². The molecule has 1 unspecified atom stereocenters. The number of ether oxygens (including phenoxy) is 1. The van der Waals surface area contributed by atoms with Crippen LogP contribution in [0.3, 0.4) is 0 Å². The molecule has 3 atom stereocenters. The summed E-state index contributed by atoms with van der Waals surface area (Å²) in [6.45, 7) is 2.87. The molecule has 2 aliphatic heterocycles. The maximum absolute atomic E-state index is 13.6. The fraction of sp³-hybridized carbons (Fsp3) is 0.480. The zero-order valence-corrected chi connectivity index (χ0v) is 19.0. The molecule has 2 heterocycles. The van der Waals surface area contributed by atoms with Gasteiger partial charge in [0.1, 0.15) is 0 Å². The summed E-state index contributed by atoms with van der Waals surface area (Å²) in [6, 6.07) is 21.0. The van der Waals surface area contributed by atoms with E-state index in [-0.39, 0.29) is 25.8 Å². The molecule has 0 bridgehead atoms. The zero-order valence-electron chi connectivity index (χ0n) is 17.3. The maximum atomic E-state index is 13.6. The van der Waals surface area contributed by atoms with Crippen molar-refractivity contribution in [2.75, 3.05) is 6.61 Å². The van der Waals surface area contributed by atoms with E-state index >= 15 is 0 Å². The van der Waals surface area contributed by atoms with Gasteiger partial charge < -0.3 is 0 Å². The summed E-state index contributed by atoms with van der Waals surface area (Å²) in [5.41, 5.74) is 0.798. The van der Waals surface area contributed by atoms with Crippen LogP contribution in [0, 0.1) is 0 Å². The minimum absolute atomic E-state index is 0.0518. The first-order valence-corrected chi connectivity index (χ1v) is 12.8. The van der Waals surface area contributed by atoms with Crippen LogP contribution in [-0.2, 0) is 9.53 Å². The molecule has 1 amide bonds. The van der Waals surface area contributed by atoms with Crippen molar-refractivity contribution in [3.05, 3.63) is 66.2 Å². The topological polar surface area (TPSA) is 29.5 Å². The number of benzene rings is 2. The normalized spacial score (nSPS) is 26.1. The molecule has 2 fully saturated rings. The summed E-state index contributed by atoms with van der Waals surface area (Å²) in [4.78, 5) is 15.8. The molecule has 0 aromatic heterocycles. The molecule has 0 spiro atoms. The third kappa shape index (κ3) is 4.45. The van der Waals surface area contributed by atoms with Crippen molar-refractivity contribution in [2.45, 2.75) is 68.5 Å². The second-order valence-electron chi connectivity index (χ2n) is 8.18. The van der Waals surface area contributed by atoms with E-state index < -0.39 is 5.72 Å². The molecular formula is C25H31NO2Se. The van der Waals surface area contributed by atoms with Gasteiger partial charge >= 0.3 is 181 Å². The summed E-state index contributed by atoms with van der Waals surface area (Å²) in [5, 5.41) is 0. The first-order chi connectivity index (χ1) is 14.2. The van der Waals surface area contributed by atoms with E-state index in [0.717, 1.165) is 19.3 Å². The van der Waals surface area contributed by atoms with Crippen LogP contribution in [0.25, 0.3) is 0 Å². The van der Waals surface area contributed by atoms with E-state index in [1.54, 1.807) is 0 Å². The standard InChI is InChI=1S/C25H31NO2Se/c1-2-3-4-5-12-17-25-18-23(29-21-15-10-7-11-16-21)24(27)26(25)22(19-28-25)20-13-8-6-9-14-20/h6-11,13-16,22-23H,2-5,12,17-19H2,1H3/t22-,23?,25-/m1/s1. The Morgan fingerprint density at radius 3 is 2.41 bits per heavy atom. The monoisotopic (exact) mass is 457 g/mol. The zero-order chi connectivity index (χ0) is 20.1. The number of amides is 1. The molecule has 0 radical (unpaired) electrons. The predicted octanol–water partition coefficient (Wildman–Crippen LogP) is 4.87. The summed E-state index contributed by atoms with van der Waals surface area (Å²) >= 11 is 0.141. The van der Waals surface area contributed by atoms with Crippen LogP contribution >= 0.6 is 0 Å². The first kappa shape index (κ1) is 20.7. The molecule has 2 saturated heterocycles. The van der Waals surface area contributed by atoms with E-state index in [2.05, 4.69) is 60.4 Å². The van der Waals surface area contributed by atoms with Gasteiger partial charge in [-0.25, -0.2) is 0 Å². The molecule has 0 saturated carbocycles. The third-order valence-electron chi connectivity index (χ3n) is 6.15. The molecule has 2 aromatic carbocycles. The molecular weight excluding hydrogens is 425 g/mol. The van der Waals surface area contributed by atoms with Crippen molar-refractivity contribution in [1.82, 2.24) is 4.90 Å². The molecule has 29 heavy (non-hydrogen) atoms. The number of rotatable bonds is 9. The van der Waals surface area contributed by atoms with E-state index in [1.165, 1.54) is 35.7 Å². The Balaban J connectivity index is 1.54. The van der Waals surface area contributed by atoms with Crippen molar-refractivity contribution >= 4 is 25.3 Å². The molecule has 4 heteroatoms. The minimum atomic E-state index is -0.398. The fourth-order valence-corrected chi connectivity index (χ4v) is 7.20. The van der Waals surface area contributed by atoms with Gasteiger partial charge in [0.05, 0.1) is 0 Å². The van der Waals surface area contributed by atoms with Crippen LogP contribution in [0.15, 0.2) is 60.7 Å². The first-order valence-electron chi connectivity index (χ1n) is 11.0. The van der Waals surface area contributed by atoms with Gasteiger partial charge in [0.15, 0.2) is 0 Å². The van der Waals surface area contributed by atoms with Crippen molar-refractivity contribution in [1.29, 1.82) is 0 Å². The van der Waals surface area contributed by atoms with E-state index in [4.69, 9.17) is 4.74 Å². The van der Waals surface area contributed by atoms with Crippen molar-refractivity contribution in [3.63, 3.8) is 0 Å². The molecule has 154 valence electrons. The number of hydrogen-bond donors (Lipinski definition) is 0. The number of carbonyl (C=O) groups excluding carboxylic acids is 1. The Hall–Kier alpha value is -1.61. The van der Waals surface area contributed by atoms with Crippen LogP contribution in [-0.4, -0.2) is 38.1 Å². The van der Waals surface area contributed by atoms with Gasteiger partial charge in [0.25, 0.3) is 0 Å². The number of carbonyl (C=O) groups is 1. The van der Waals surface area contributed by atoms with Crippen molar-refractivity contribution in [3.8, 4) is 0 Å². The fourth-order valence-electron chi connectivity index (χ4n) is 4.68. The van der Waals surface area contributed by atoms with Gasteiger partial charge in [-0.2, -0.15) is 0 Å². The average Bonchev–Trinajstić information content (AvgIpc) is 3.25. The van der Waals surface area contributed by atoms with Gasteiger partial charge in [-0.3, -0.25) is 0 Å². The van der Waals surface area contributed by atoms with Crippen LogP contribution in [0.1, 0.15) is 63.5 Å². The molecule has 2 aromatic rings. The van der Waals surface area contributed by atoms with Crippen molar-refractivity contribution < 1.29 is 9.53 Å². The van der Waals surface area contributed by atoms with Gasteiger partial charge in [-0.05, 0) is 0 Å². The summed E-state index contributed by atoms with van der Waals surface area (Å²) in [6.07, 6.45) is 8.00. The van der Waals surface area contributed by atoms with Crippen LogP contribution in [0.2, 0.25) is 4.82 Å². The van der Waals surface area contributed by atoms with Gasteiger partial charge in [0, 0.05) is 0 Å². The number of unbranched alkanes of at least 4 members (excludes halogenated alkanes) is 4. The van der Waals surface area contributed by atoms with Crippen LogP contribution < -0.4 is 4.46 Å². The summed E-state index contributed by atoms with van der Waals surface area (Å²) < 4.78 is 7.79. The van der Waals surface area contributed by atoms with Gasteiger partial charge in [-0.1, -0.05) is 0 Å². The van der Waals surface area contributed by atoms with Crippen LogP contribution in [0.5, 0.6) is 0 Å². The van der Waals surface area contributed by atoms with Crippen LogP contribution in [0.4, 0.5) is 0 Å². The molecule has 0 N–H and O–H groups in total. The average molecular weight is 456 g/mol.